The van der Waals surface area contributed by atoms with Gasteiger partial charge in [-0.2, -0.15) is 0 Å². The monoisotopic (exact) mass is 214 g/mol. The molecule has 4 heteroatoms. The Morgan fingerprint density at radius 1 is 1.53 bits per heavy atom. The van der Waals surface area contributed by atoms with E-state index in [0.717, 1.165) is 12.3 Å². The molecule has 1 saturated carbocycles. The van der Waals surface area contributed by atoms with E-state index in [1.54, 1.807) is 0 Å². The number of nitrogens with two attached hydrogens (primary N) is 1. The molecule has 0 amide bonds. The average Bonchev–Trinajstić information content (AvgIpc) is 2.19. The molecule has 4 unspecified atom stereocenters. The highest BCUT2D eigenvalue weighted by Gasteiger charge is 2.27. The third-order valence-corrected chi connectivity index (χ3v) is 3.62. The zero-order valence-electron chi connectivity index (χ0n) is 9.57. The fourth-order valence-electron chi connectivity index (χ4n) is 2.24. The van der Waals surface area contributed by atoms with Crippen molar-refractivity contribution >= 4 is 5.97 Å². The number of aliphatic carboxylic acids is 1. The molecule has 0 radical (unpaired) electrons. The normalized spacial score (nSPS) is 33.7. The molecule has 0 aromatic heterocycles. The summed E-state index contributed by atoms with van der Waals surface area (Å²) in [5.41, 5.74) is 5.45. The number of hydrogen-bond acceptors (Lipinski definition) is 3. The first-order valence-electron chi connectivity index (χ1n) is 5.74. The number of nitrogens with one attached hydrogen (secondary N) is 1. The number of rotatable bonds is 4. The van der Waals surface area contributed by atoms with E-state index in [1.165, 1.54) is 12.8 Å². The van der Waals surface area contributed by atoms with Gasteiger partial charge in [-0.25, -0.2) is 0 Å². The van der Waals surface area contributed by atoms with Gasteiger partial charge in [0.25, 0.3) is 0 Å². The summed E-state index contributed by atoms with van der Waals surface area (Å²) in [6.07, 6.45) is 3.65. The van der Waals surface area contributed by atoms with Crippen LogP contribution in [0.3, 0.4) is 0 Å². The molecule has 0 heterocycles. The average molecular weight is 214 g/mol. The molecule has 0 aliphatic heterocycles. The van der Waals surface area contributed by atoms with Crippen LogP contribution in [0.5, 0.6) is 0 Å². The van der Waals surface area contributed by atoms with Crippen LogP contribution in [0.1, 0.15) is 33.1 Å². The fourth-order valence-corrected chi connectivity index (χ4v) is 2.24. The largest absolute Gasteiger partial charge is 0.480 e. The predicted molar refractivity (Wildman–Crippen MR) is 59.6 cm³/mol. The summed E-state index contributed by atoms with van der Waals surface area (Å²) in [7, 11) is 0. The summed E-state index contributed by atoms with van der Waals surface area (Å²) in [6.45, 7) is 4.86. The van der Waals surface area contributed by atoms with E-state index < -0.39 is 12.0 Å². The zero-order valence-corrected chi connectivity index (χ0v) is 9.57. The molecule has 1 aliphatic carbocycles. The molecule has 1 aliphatic rings. The van der Waals surface area contributed by atoms with Crippen molar-refractivity contribution in [3.8, 4) is 0 Å². The van der Waals surface area contributed by atoms with E-state index in [0.29, 0.717) is 18.5 Å². The second-order valence-corrected chi connectivity index (χ2v) is 4.73. The Kier molecular flexibility index (Phi) is 4.54. The Labute approximate surface area is 91.2 Å². The lowest BCUT2D eigenvalue weighted by Gasteiger charge is -2.35. The molecule has 0 aromatic rings. The molecule has 4 nitrogen and oxygen atoms in total. The van der Waals surface area contributed by atoms with Crippen molar-refractivity contribution in [3.05, 3.63) is 0 Å². The molecular weight excluding hydrogens is 192 g/mol. The minimum Gasteiger partial charge on any atom is -0.480 e. The molecule has 0 aromatic carbocycles. The smallest absolute Gasteiger partial charge is 0.321 e. The third kappa shape index (κ3) is 3.47. The summed E-state index contributed by atoms with van der Waals surface area (Å²) >= 11 is 0. The van der Waals surface area contributed by atoms with Crippen LogP contribution in [0.15, 0.2) is 0 Å². The Balaban J connectivity index is 2.34. The third-order valence-electron chi connectivity index (χ3n) is 3.62. The summed E-state index contributed by atoms with van der Waals surface area (Å²) in [6, 6.07) is -0.353. The summed E-state index contributed by atoms with van der Waals surface area (Å²) in [4.78, 5) is 10.6. The standard InChI is InChI=1S/C11H22N2O2/c1-7-4-3-5-10(8(7)2)13-6-9(12)11(14)15/h7-10,13H,3-6,12H2,1-2H3,(H,14,15). The van der Waals surface area contributed by atoms with Crippen molar-refractivity contribution in [1.82, 2.24) is 5.32 Å². The maximum atomic E-state index is 10.6. The van der Waals surface area contributed by atoms with Crippen LogP contribution in [-0.4, -0.2) is 29.7 Å². The van der Waals surface area contributed by atoms with Crippen molar-refractivity contribution in [2.45, 2.75) is 45.2 Å². The van der Waals surface area contributed by atoms with E-state index in [-0.39, 0.29) is 0 Å². The van der Waals surface area contributed by atoms with Crippen LogP contribution >= 0.6 is 0 Å². The lowest BCUT2D eigenvalue weighted by molar-refractivity contribution is -0.138. The van der Waals surface area contributed by atoms with Crippen LogP contribution in [0, 0.1) is 11.8 Å². The molecule has 0 saturated heterocycles. The molecular formula is C11H22N2O2. The number of carboxylic acids is 1. The molecule has 1 fully saturated rings. The summed E-state index contributed by atoms with van der Waals surface area (Å²) < 4.78 is 0. The first-order valence-corrected chi connectivity index (χ1v) is 5.74. The highest BCUT2D eigenvalue weighted by Crippen LogP contribution is 2.29. The van der Waals surface area contributed by atoms with Crippen LogP contribution in [-0.2, 0) is 4.79 Å². The Hall–Kier alpha value is -0.610. The van der Waals surface area contributed by atoms with E-state index >= 15 is 0 Å². The number of carbonyl (C=O) groups is 1. The van der Waals surface area contributed by atoms with Crippen LogP contribution < -0.4 is 11.1 Å². The molecule has 88 valence electrons. The second-order valence-electron chi connectivity index (χ2n) is 4.73. The maximum absolute atomic E-state index is 10.6. The van der Waals surface area contributed by atoms with E-state index in [4.69, 9.17) is 10.8 Å². The quantitative estimate of drug-likeness (QED) is 0.647. The van der Waals surface area contributed by atoms with Gasteiger partial charge in [-0.1, -0.05) is 26.7 Å². The maximum Gasteiger partial charge on any atom is 0.321 e. The van der Waals surface area contributed by atoms with Gasteiger partial charge in [-0.3, -0.25) is 4.79 Å². The van der Waals surface area contributed by atoms with Gasteiger partial charge in [0.2, 0.25) is 0 Å². The molecule has 4 atom stereocenters. The van der Waals surface area contributed by atoms with Gasteiger partial charge in [0.1, 0.15) is 6.04 Å². The van der Waals surface area contributed by atoms with Crippen molar-refractivity contribution in [2.24, 2.45) is 17.6 Å². The predicted octanol–water partition coefficient (Wildman–Crippen LogP) is 0.813. The molecule has 0 bridgehead atoms. The molecule has 4 N–H and O–H groups in total. The second kappa shape index (κ2) is 5.47. The molecule has 1 rings (SSSR count). The van der Waals surface area contributed by atoms with E-state index in [1.807, 2.05) is 0 Å². The minimum absolute atomic E-state index is 0.372. The number of carboxylic acid groups (broad SMARTS) is 1. The fraction of sp³-hybridized carbons (Fsp3) is 0.909. The Morgan fingerprint density at radius 3 is 2.80 bits per heavy atom. The van der Waals surface area contributed by atoms with Gasteiger partial charge < -0.3 is 16.2 Å². The van der Waals surface area contributed by atoms with Crippen molar-refractivity contribution < 1.29 is 9.90 Å². The van der Waals surface area contributed by atoms with Crippen molar-refractivity contribution in [3.63, 3.8) is 0 Å². The first-order chi connectivity index (χ1) is 7.02. The van der Waals surface area contributed by atoms with Crippen molar-refractivity contribution in [1.29, 1.82) is 0 Å². The SMILES string of the molecule is CC1CCCC(NCC(N)C(=O)O)C1C. The van der Waals surface area contributed by atoms with Crippen LogP contribution in [0.2, 0.25) is 0 Å². The van der Waals surface area contributed by atoms with Gasteiger partial charge in [0, 0.05) is 12.6 Å². The summed E-state index contributed by atoms with van der Waals surface area (Å²) in [5, 5.41) is 11.9. The first kappa shape index (κ1) is 12.5. The number of hydrogen-bond donors (Lipinski definition) is 3. The van der Waals surface area contributed by atoms with Gasteiger partial charge in [0.15, 0.2) is 0 Å². The highest BCUT2D eigenvalue weighted by atomic mass is 16.4. The molecule has 0 spiro atoms. The summed E-state index contributed by atoms with van der Waals surface area (Å²) in [5.74, 6) is 0.399. The van der Waals surface area contributed by atoms with Gasteiger partial charge in [0.05, 0.1) is 0 Å². The van der Waals surface area contributed by atoms with Gasteiger partial charge in [-0.15, -0.1) is 0 Å². The lowest BCUT2D eigenvalue weighted by Crippen LogP contribution is -2.48. The Bertz CT molecular complexity index is 221. The zero-order chi connectivity index (χ0) is 11.4. The van der Waals surface area contributed by atoms with E-state index in [9.17, 15) is 4.79 Å². The lowest BCUT2D eigenvalue weighted by atomic mass is 9.78. The Morgan fingerprint density at radius 2 is 2.20 bits per heavy atom. The highest BCUT2D eigenvalue weighted by molar-refractivity contribution is 5.73. The van der Waals surface area contributed by atoms with E-state index in [2.05, 4.69) is 19.2 Å². The molecule has 15 heavy (non-hydrogen) atoms. The minimum atomic E-state index is -0.931. The van der Waals surface area contributed by atoms with Crippen LogP contribution in [0.25, 0.3) is 0 Å². The topological polar surface area (TPSA) is 75.3 Å². The van der Waals surface area contributed by atoms with Crippen LogP contribution in [0.4, 0.5) is 0 Å². The van der Waals surface area contributed by atoms with Gasteiger partial charge >= 0.3 is 5.97 Å². The van der Waals surface area contributed by atoms with Gasteiger partial charge in [-0.05, 0) is 18.3 Å². The van der Waals surface area contributed by atoms with Crippen molar-refractivity contribution in [2.75, 3.05) is 6.54 Å².